The van der Waals surface area contributed by atoms with Crippen molar-refractivity contribution in [2.24, 2.45) is 0 Å². The number of aryl methyl sites for hydroxylation is 1. The van der Waals surface area contributed by atoms with E-state index in [1.54, 1.807) is 13.8 Å². The molecule has 128 valence electrons. The Kier molecular flexibility index (Phi) is 6.28. The molecule has 0 fully saturated rings. The fourth-order valence-electron chi connectivity index (χ4n) is 1.79. The zero-order valence-corrected chi connectivity index (χ0v) is 14.7. The van der Waals surface area contributed by atoms with Gasteiger partial charge in [0.05, 0.1) is 10.5 Å². The van der Waals surface area contributed by atoms with Crippen molar-refractivity contribution in [3.05, 3.63) is 29.3 Å². The zero-order valence-electron chi connectivity index (χ0n) is 13.9. The van der Waals surface area contributed by atoms with Crippen molar-refractivity contribution in [3.63, 3.8) is 0 Å². The van der Waals surface area contributed by atoms with Crippen LogP contribution in [0.1, 0.15) is 29.8 Å². The van der Waals surface area contributed by atoms with Crippen molar-refractivity contribution < 1.29 is 22.7 Å². The Bertz CT molecular complexity index is 698. The van der Waals surface area contributed by atoms with Crippen molar-refractivity contribution >= 4 is 21.9 Å². The van der Waals surface area contributed by atoms with Gasteiger partial charge in [-0.25, -0.2) is 17.5 Å². The van der Waals surface area contributed by atoms with Crippen LogP contribution in [-0.4, -0.2) is 51.3 Å². The molecule has 1 aromatic carbocycles. The van der Waals surface area contributed by atoms with Crippen molar-refractivity contribution in [2.75, 3.05) is 20.6 Å². The molecule has 8 heteroatoms. The Morgan fingerprint density at radius 2 is 1.91 bits per heavy atom. The number of likely N-dealkylation sites (N-methyl/N-ethyl adjacent to an activating group) is 1. The molecule has 1 N–H and O–H groups in total. The highest BCUT2D eigenvalue weighted by atomic mass is 32.2. The minimum absolute atomic E-state index is 0.00860. The van der Waals surface area contributed by atoms with Gasteiger partial charge in [-0.05, 0) is 38.5 Å². The fourth-order valence-corrected chi connectivity index (χ4v) is 2.72. The van der Waals surface area contributed by atoms with Crippen molar-refractivity contribution in [2.45, 2.75) is 31.8 Å². The molecule has 0 aliphatic heterocycles. The van der Waals surface area contributed by atoms with E-state index in [9.17, 15) is 18.0 Å². The molecule has 0 radical (unpaired) electrons. The average Bonchev–Trinajstić information content (AvgIpc) is 2.47. The van der Waals surface area contributed by atoms with Crippen LogP contribution in [0.15, 0.2) is 23.1 Å². The Balaban J connectivity index is 3.09. The largest absolute Gasteiger partial charge is 0.449 e. The maximum absolute atomic E-state index is 12.2. The Morgan fingerprint density at radius 3 is 2.43 bits per heavy atom. The number of amides is 1. The van der Waals surface area contributed by atoms with Crippen LogP contribution in [0.25, 0.3) is 0 Å². The van der Waals surface area contributed by atoms with E-state index in [4.69, 9.17) is 4.74 Å². The number of benzene rings is 1. The van der Waals surface area contributed by atoms with Gasteiger partial charge in [-0.15, -0.1) is 0 Å². The summed E-state index contributed by atoms with van der Waals surface area (Å²) in [6.45, 7) is 5.31. The van der Waals surface area contributed by atoms with Gasteiger partial charge < -0.3 is 10.1 Å². The topological polar surface area (TPSA) is 92.8 Å². The Morgan fingerprint density at radius 1 is 1.30 bits per heavy atom. The van der Waals surface area contributed by atoms with Gasteiger partial charge in [-0.2, -0.15) is 0 Å². The zero-order chi connectivity index (χ0) is 17.8. The Hall–Kier alpha value is -1.93. The van der Waals surface area contributed by atoms with Crippen LogP contribution in [-0.2, 0) is 19.6 Å². The van der Waals surface area contributed by atoms with E-state index in [2.05, 4.69) is 5.32 Å². The van der Waals surface area contributed by atoms with Crippen molar-refractivity contribution in [3.8, 4) is 0 Å². The average molecular weight is 342 g/mol. The molecule has 0 aliphatic rings. The van der Waals surface area contributed by atoms with Gasteiger partial charge in [-0.1, -0.05) is 6.07 Å². The van der Waals surface area contributed by atoms with Gasteiger partial charge in [0.1, 0.15) is 0 Å². The number of hydrogen-bond acceptors (Lipinski definition) is 5. The third-order valence-electron chi connectivity index (χ3n) is 3.21. The number of hydrogen-bond donors (Lipinski definition) is 1. The number of esters is 1. The van der Waals surface area contributed by atoms with Crippen LogP contribution in [0, 0.1) is 6.92 Å². The maximum Gasteiger partial charge on any atom is 0.339 e. The fraction of sp³-hybridized carbons (Fsp3) is 0.467. The van der Waals surface area contributed by atoms with E-state index in [-0.39, 0.29) is 10.5 Å². The molecule has 1 rings (SSSR count). The highest BCUT2D eigenvalue weighted by Crippen LogP contribution is 2.19. The summed E-state index contributed by atoms with van der Waals surface area (Å²) in [5.74, 6) is -1.15. The lowest BCUT2D eigenvalue weighted by Crippen LogP contribution is -2.35. The number of rotatable bonds is 6. The summed E-state index contributed by atoms with van der Waals surface area (Å²) in [7, 11) is -0.843. The van der Waals surface area contributed by atoms with Crippen LogP contribution < -0.4 is 5.32 Å². The van der Waals surface area contributed by atoms with Gasteiger partial charge in [0.15, 0.2) is 6.10 Å². The van der Waals surface area contributed by atoms with Crippen LogP contribution in [0.3, 0.4) is 0 Å². The first kappa shape index (κ1) is 19.1. The van der Waals surface area contributed by atoms with Gasteiger partial charge in [0, 0.05) is 20.6 Å². The van der Waals surface area contributed by atoms with E-state index in [1.165, 1.54) is 39.2 Å². The molecule has 7 nitrogen and oxygen atoms in total. The summed E-state index contributed by atoms with van der Waals surface area (Å²) < 4.78 is 30.4. The molecular formula is C15H22N2O5S. The van der Waals surface area contributed by atoms with Crippen LogP contribution in [0.2, 0.25) is 0 Å². The molecular weight excluding hydrogens is 320 g/mol. The molecule has 0 heterocycles. The SMILES string of the molecule is CCNC(=O)[C@@H](C)OC(=O)c1cc(S(=O)(=O)N(C)C)ccc1C. The number of carbonyl (C=O) groups excluding carboxylic acids is 2. The molecule has 0 saturated heterocycles. The number of nitrogens with zero attached hydrogens (tertiary/aromatic N) is 1. The molecule has 0 aliphatic carbocycles. The first-order valence-electron chi connectivity index (χ1n) is 7.13. The molecule has 1 amide bonds. The molecule has 0 unspecified atom stereocenters. The summed E-state index contributed by atoms with van der Waals surface area (Å²) >= 11 is 0. The quantitative estimate of drug-likeness (QED) is 0.776. The lowest BCUT2D eigenvalue weighted by molar-refractivity contribution is -0.128. The third-order valence-corrected chi connectivity index (χ3v) is 5.02. The monoisotopic (exact) mass is 342 g/mol. The van der Waals surface area contributed by atoms with Gasteiger partial charge in [0.25, 0.3) is 5.91 Å². The number of nitrogens with one attached hydrogen (secondary N) is 1. The first-order valence-corrected chi connectivity index (χ1v) is 8.57. The highest BCUT2D eigenvalue weighted by Gasteiger charge is 2.23. The lowest BCUT2D eigenvalue weighted by atomic mass is 10.1. The minimum atomic E-state index is -3.66. The first-order chi connectivity index (χ1) is 10.6. The second-order valence-corrected chi connectivity index (χ2v) is 7.36. The summed E-state index contributed by atoms with van der Waals surface area (Å²) in [6.07, 6.45) is -0.962. The van der Waals surface area contributed by atoms with E-state index >= 15 is 0 Å². The third kappa shape index (κ3) is 4.52. The minimum Gasteiger partial charge on any atom is -0.449 e. The van der Waals surface area contributed by atoms with E-state index in [0.717, 1.165) is 4.31 Å². The smallest absolute Gasteiger partial charge is 0.339 e. The molecule has 23 heavy (non-hydrogen) atoms. The second kappa shape index (κ2) is 7.56. The maximum atomic E-state index is 12.2. The highest BCUT2D eigenvalue weighted by molar-refractivity contribution is 7.89. The van der Waals surface area contributed by atoms with Gasteiger partial charge in [0.2, 0.25) is 10.0 Å². The van der Waals surface area contributed by atoms with Crippen molar-refractivity contribution in [1.29, 1.82) is 0 Å². The molecule has 0 bridgehead atoms. The standard InChI is InChI=1S/C15H22N2O5S/c1-6-16-14(18)11(3)22-15(19)13-9-12(8-7-10(13)2)23(20,21)17(4)5/h7-9,11H,6H2,1-5H3,(H,16,18)/t11-/m1/s1. The second-order valence-electron chi connectivity index (χ2n) is 5.21. The summed E-state index contributed by atoms with van der Waals surface area (Å²) in [5, 5.41) is 2.55. The van der Waals surface area contributed by atoms with E-state index in [0.29, 0.717) is 12.1 Å². The lowest BCUT2D eigenvalue weighted by Gasteiger charge is -2.15. The van der Waals surface area contributed by atoms with Gasteiger partial charge >= 0.3 is 5.97 Å². The number of ether oxygens (including phenoxy) is 1. The van der Waals surface area contributed by atoms with Crippen LogP contribution in [0.5, 0.6) is 0 Å². The van der Waals surface area contributed by atoms with Crippen molar-refractivity contribution in [1.82, 2.24) is 9.62 Å². The molecule has 0 saturated carbocycles. The number of sulfonamides is 1. The molecule has 0 spiro atoms. The molecule has 1 aromatic rings. The molecule has 0 aromatic heterocycles. The van der Waals surface area contributed by atoms with E-state index in [1.807, 2.05) is 0 Å². The van der Waals surface area contributed by atoms with Crippen LogP contribution in [0.4, 0.5) is 0 Å². The Labute approximate surface area is 136 Å². The normalized spacial score (nSPS) is 12.8. The summed E-state index contributed by atoms with van der Waals surface area (Å²) in [6, 6.07) is 4.22. The van der Waals surface area contributed by atoms with Crippen LogP contribution >= 0.6 is 0 Å². The predicted molar refractivity (Wildman–Crippen MR) is 85.6 cm³/mol. The van der Waals surface area contributed by atoms with E-state index < -0.39 is 28.0 Å². The predicted octanol–water partition coefficient (Wildman–Crippen LogP) is 0.927. The van der Waals surface area contributed by atoms with Gasteiger partial charge in [-0.3, -0.25) is 4.79 Å². The summed E-state index contributed by atoms with van der Waals surface area (Å²) in [4.78, 5) is 23.8. The summed E-state index contributed by atoms with van der Waals surface area (Å²) in [5.41, 5.74) is 0.680. The molecule has 1 atom stereocenters. The number of carbonyl (C=O) groups is 2.